The van der Waals surface area contributed by atoms with Gasteiger partial charge in [-0.1, -0.05) is 29.4 Å². The number of nitrogens with one attached hydrogen (secondary N) is 1. The minimum atomic E-state index is -0.350. The molecule has 3 heterocycles. The molecule has 8 nitrogen and oxygen atoms in total. The number of halogens is 2. The number of rotatable bonds is 5. The van der Waals surface area contributed by atoms with Crippen molar-refractivity contribution in [2.24, 2.45) is 0 Å². The second-order valence-electron chi connectivity index (χ2n) is 7.16. The van der Waals surface area contributed by atoms with Crippen LogP contribution in [0.25, 0.3) is 16.6 Å². The summed E-state index contributed by atoms with van der Waals surface area (Å²) in [5.41, 5.74) is 0.908. The minimum Gasteiger partial charge on any atom is -0.378 e. The van der Waals surface area contributed by atoms with Crippen LogP contribution in [0.4, 0.5) is 10.3 Å². The number of anilines is 1. The number of fused-ring (bicyclic) bond motifs is 1. The number of aromatic nitrogens is 5. The summed E-state index contributed by atoms with van der Waals surface area (Å²) in [4.78, 5) is 21.8. The fourth-order valence-electron chi connectivity index (χ4n) is 3.53. The molecule has 4 aromatic rings. The molecule has 2 aromatic carbocycles. The van der Waals surface area contributed by atoms with Crippen LogP contribution in [-0.4, -0.2) is 51.0 Å². The zero-order valence-corrected chi connectivity index (χ0v) is 18.4. The average molecular weight is 473 g/mol. The van der Waals surface area contributed by atoms with E-state index < -0.39 is 0 Å². The summed E-state index contributed by atoms with van der Waals surface area (Å²) in [5.74, 6) is 1.09. The lowest BCUT2D eigenvalue weighted by molar-refractivity contribution is 0.122. The Morgan fingerprint density at radius 2 is 2.00 bits per heavy atom. The number of benzene rings is 2. The van der Waals surface area contributed by atoms with E-state index in [1.807, 2.05) is 4.57 Å². The number of hydrogen-bond donors (Lipinski definition) is 1. The number of ether oxygens (including phenoxy) is 1. The van der Waals surface area contributed by atoms with Crippen molar-refractivity contribution in [3.05, 3.63) is 69.5 Å². The molecular weight excluding hydrogens is 455 g/mol. The third kappa shape index (κ3) is 4.21. The number of nitrogens with zero attached hydrogens (tertiary/aromatic N) is 5. The predicted molar refractivity (Wildman–Crippen MR) is 121 cm³/mol. The first-order valence-electron chi connectivity index (χ1n) is 9.94. The van der Waals surface area contributed by atoms with E-state index >= 15 is 0 Å². The Bertz CT molecular complexity index is 1340. The summed E-state index contributed by atoms with van der Waals surface area (Å²) in [7, 11) is 0. The molecule has 5 rings (SSSR count). The van der Waals surface area contributed by atoms with E-state index in [0.717, 1.165) is 0 Å². The second kappa shape index (κ2) is 8.89. The fraction of sp³-hybridized carbons (Fsp3) is 0.238. The van der Waals surface area contributed by atoms with Gasteiger partial charge in [-0.2, -0.15) is 0 Å². The maximum absolute atomic E-state index is 14.0. The molecule has 0 unspecified atom stereocenters. The van der Waals surface area contributed by atoms with Crippen LogP contribution >= 0.6 is 23.4 Å². The van der Waals surface area contributed by atoms with Crippen molar-refractivity contribution in [3.63, 3.8) is 0 Å². The zero-order valence-electron chi connectivity index (χ0n) is 16.8. The standard InChI is InChI=1S/C21H18ClFN6O2S/c22-13-4-5-16-17(10-13)24-18(25-19(16)30)12-32-21-27-26-20(28-6-8-31-9-7-28)29(21)15-3-1-2-14(23)11-15/h1-5,10-11H,6-9,12H2,(H,24,25,30). The Labute approximate surface area is 191 Å². The van der Waals surface area contributed by atoms with Crippen molar-refractivity contribution in [3.8, 4) is 5.69 Å². The lowest BCUT2D eigenvalue weighted by Crippen LogP contribution is -2.37. The molecule has 0 bridgehead atoms. The summed E-state index contributed by atoms with van der Waals surface area (Å²) < 4.78 is 21.2. The molecule has 1 aliphatic heterocycles. The Kier molecular flexibility index (Phi) is 5.81. The van der Waals surface area contributed by atoms with Crippen molar-refractivity contribution < 1.29 is 9.13 Å². The van der Waals surface area contributed by atoms with Crippen molar-refractivity contribution in [2.45, 2.75) is 10.9 Å². The topological polar surface area (TPSA) is 88.9 Å². The molecule has 32 heavy (non-hydrogen) atoms. The smallest absolute Gasteiger partial charge is 0.258 e. The molecule has 164 valence electrons. The van der Waals surface area contributed by atoms with Gasteiger partial charge >= 0.3 is 0 Å². The molecule has 1 N–H and O–H groups in total. The average Bonchev–Trinajstić information content (AvgIpc) is 3.22. The highest BCUT2D eigenvalue weighted by Gasteiger charge is 2.22. The number of aromatic amines is 1. The van der Waals surface area contributed by atoms with Gasteiger partial charge in [0.2, 0.25) is 5.95 Å². The van der Waals surface area contributed by atoms with Gasteiger partial charge in [0.15, 0.2) is 5.16 Å². The van der Waals surface area contributed by atoms with Crippen LogP contribution in [0.5, 0.6) is 0 Å². The van der Waals surface area contributed by atoms with Crippen LogP contribution < -0.4 is 10.5 Å². The molecule has 1 aliphatic rings. The van der Waals surface area contributed by atoms with Crippen LogP contribution in [0, 0.1) is 5.82 Å². The first-order chi connectivity index (χ1) is 15.6. The largest absolute Gasteiger partial charge is 0.378 e. The van der Waals surface area contributed by atoms with Gasteiger partial charge in [-0.15, -0.1) is 10.2 Å². The highest BCUT2D eigenvalue weighted by molar-refractivity contribution is 7.98. The first-order valence-corrected chi connectivity index (χ1v) is 11.3. The van der Waals surface area contributed by atoms with Gasteiger partial charge in [0, 0.05) is 18.1 Å². The quantitative estimate of drug-likeness (QED) is 0.445. The normalized spacial score (nSPS) is 14.2. The number of hydrogen-bond acceptors (Lipinski definition) is 7. The summed E-state index contributed by atoms with van der Waals surface area (Å²) in [6.45, 7) is 2.50. The molecule has 0 atom stereocenters. The van der Waals surface area contributed by atoms with Crippen LogP contribution in [0.15, 0.2) is 52.4 Å². The Balaban J connectivity index is 1.49. The Morgan fingerprint density at radius 1 is 1.16 bits per heavy atom. The van der Waals surface area contributed by atoms with E-state index in [9.17, 15) is 9.18 Å². The summed E-state index contributed by atoms with van der Waals surface area (Å²) in [6.07, 6.45) is 0. The van der Waals surface area contributed by atoms with Crippen LogP contribution in [-0.2, 0) is 10.5 Å². The highest BCUT2D eigenvalue weighted by atomic mass is 35.5. The third-order valence-electron chi connectivity index (χ3n) is 5.03. The monoisotopic (exact) mass is 472 g/mol. The van der Waals surface area contributed by atoms with E-state index in [1.165, 1.54) is 23.9 Å². The minimum absolute atomic E-state index is 0.233. The van der Waals surface area contributed by atoms with Gasteiger partial charge in [0.05, 0.1) is 35.6 Å². The predicted octanol–water partition coefficient (Wildman–Crippen LogP) is 3.43. The van der Waals surface area contributed by atoms with Gasteiger partial charge < -0.3 is 14.6 Å². The molecule has 11 heteroatoms. The van der Waals surface area contributed by atoms with Crippen LogP contribution in [0.1, 0.15) is 5.82 Å². The molecule has 0 saturated carbocycles. The molecule has 2 aromatic heterocycles. The van der Waals surface area contributed by atoms with Gasteiger partial charge in [-0.25, -0.2) is 9.37 Å². The van der Waals surface area contributed by atoms with E-state index in [-0.39, 0.29) is 11.4 Å². The Hall–Kier alpha value is -2.95. The van der Waals surface area contributed by atoms with Gasteiger partial charge in [0.1, 0.15) is 11.6 Å². The van der Waals surface area contributed by atoms with Gasteiger partial charge in [-0.3, -0.25) is 9.36 Å². The summed E-state index contributed by atoms with van der Waals surface area (Å²) in [6, 6.07) is 11.2. The molecule has 1 saturated heterocycles. The second-order valence-corrected chi connectivity index (χ2v) is 8.54. The molecular formula is C21H18ClFN6O2S. The lowest BCUT2D eigenvalue weighted by atomic mass is 10.2. The number of H-pyrrole nitrogens is 1. The Morgan fingerprint density at radius 3 is 2.81 bits per heavy atom. The van der Waals surface area contributed by atoms with Crippen molar-refractivity contribution >= 4 is 40.2 Å². The van der Waals surface area contributed by atoms with Gasteiger partial charge in [0.25, 0.3) is 5.56 Å². The van der Waals surface area contributed by atoms with Crippen molar-refractivity contribution in [1.82, 2.24) is 24.7 Å². The molecule has 0 spiro atoms. The van der Waals surface area contributed by atoms with E-state index in [4.69, 9.17) is 16.3 Å². The van der Waals surface area contributed by atoms with Crippen molar-refractivity contribution in [2.75, 3.05) is 31.2 Å². The SMILES string of the molecule is O=c1[nH]c(CSc2nnc(N3CCOCC3)n2-c2cccc(F)c2)nc2cc(Cl)ccc12. The zero-order chi connectivity index (χ0) is 22.1. The van der Waals surface area contributed by atoms with Gasteiger partial charge in [-0.05, 0) is 36.4 Å². The molecule has 0 radical (unpaired) electrons. The fourth-order valence-corrected chi connectivity index (χ4v) is 4.51. The third-order valence-corrected chi connectivity index (χ3v) is 6.21. The maximum Gasteiger partial charge on any atom is 0.258 e. The van der Waals surface area contributed by atoms with Crippen molar-refractivity contribution in [1.29, 1.82) is 0 Å². The number of morpholine rings is 1. The van der Waals surface area contributed by atoms with Crippen LogP contribution in [0.2, 0.25) is 5.02 Å². The van der Waals surface area contributed by atoms with E-state index in [2.05, 4.69) is 25.1 Å². The first kappa shape index (κ1) is 20.9. The summed E-state index contributed by atoms with van der Waals surface area (Å²) >= 11 is 7.40. The van der Waals surface area contributed by atoms with Crippen LogP contribution in [0.3, 0.4) is 0 Å². The molecule has 1 fully saturated rings. The lowest BCUT2D eigenvalue weighted by Gasteiger charge is -2.27. The number of thioether (sulfide) groups is 1. The van der Waals surface area contributed by atoms with E-state index in [0.29, 0.717) is 70.6 Å². The highest BCUT2D eigenvalue weighted by Crippen LogP contribution is 2.29. The molecule has 0 aliphatic carbocycles. The maximum atomic E-state index is 14.0. The van der Waals surface area contributed by atoms with E-state index in [1.54, 1.807) is 30.3 Å². The summed E-state index contributed by atoms with van der Waals surface area (Å²) in [5, 5.41) is 10.3. The molecule has 0 amide bonds.